The fourth-order valence-electron chi connectivity index (χ4n) is 1.29. The van der Waals surface area contributed by atoms with E-state index in [1.807, 2.05) is 12.1 Å². The number of thioether (sulfide) groups is 1. The van der Waals surface area contributed by atoms with Gasteiger partial charge in [-0.15, -0.1) is 11.8 Å². The Hall–Kier alpha value is -1.56. The van der Waals surface area contributed by atoms with Crippen LogP contribution in [-0.4, -0.2) is 34.3 Å². The molecule has 0 saturated heterocycles. The molecule has 0 radical (unpaired) electrons. The standard InChI is InChI=1S/C12H16N2O3S/c1-9(6-12(16)17)7-14-11(15)8-18-10-2-4-13-5-3-10/h2-5,9H,6-8H2,1H3,(H,14,15)(H,16,17). The fraction of sp³-hybridized carbons (Fsp3) is 0.417. The van der Waals surface area contributed by atoms with E-state index in [0.29, 0.717) is 12.3 Å². The van der Waals surface area contributed by atoms with Gasteiger partial charge < -0.3 is 10.4 Å². The first-order chi connectivity index (χ1) is 8.58. The average molecular weight is 268 g/mol. The number of hydrogen-bond acceptors (Lipinski definition) is 4. The molecular formula is C12H16N2O3S. The van der Waals surface area contributed by atoms with E-state index in [4.69, 9.17) is 5.11 Å². The highest BCUT2D eigenvalue weighted by molar-refractivity contribution is 8.00. The van der Waals surface area contributed by atoms with E-state index >= 15 is 0 Å². The van der Waals surface area contributed by atoms with E-state index in [9.17, 15) is 9.59 Å². The molecule has 1 atom stereocenters. The first kappa shape index (κ1) is 14.5. The highest BCUT2D eigenvalue weighted by Crippen LogP contribution is 2.15. The smallest absolute Gasteiger partial charge is 0.303 e. The van der Waals surface area contributed by atoms with Crippen LogP contribution >= 0.6 is 11.8 Å². The van der Waals surface area contributed by atoms with Gasteiger partial charge >= 0.3 is 5.97 Å². The summed E-state index contributed by atoms with van der Waals surface area (Å²) >= 11 is 1.43. The van der Waals surface area contributed by atoms with E-state index in [0.717, 1.165) is 4.90 Å². The van der Waals surface area contributed by atoms with Crippen LogP contribution in [0.25, 0.3) is 0 Å². The highest BCUT2D eigenvalue weighted by atomic mass is 32.2. The van der Waals surface area contributed by atoms with Gasteiger partial charge in [0.1, 0.15) is 0 Å². The van der Waals surface area contributed by atoms with Crippen molar-refractivity contribution in [2.75, 3.05) is 12.3 Å². The summed E-state index contributed by atoms with van der Waals surface area (Å²) in [4.78, 5) is 26.8. The molecule has 6 heteroatoms. The quantitative estimate of drug-likeness (QED) is 0.731. The molecule has 0 saturated carbocycles. The third kappa shape index (κ3) is 6.24. The predicted molar refractivity (Wildman–Crippen MR) is 69.4 cm³/mol. The van der Waals surface area contributed by atoms with E-state index in [-0.39, 0.29) is 18.2 Å². The van der Waals surface area contributed by atoms with Crippen molar-refractivity contribution in [2.24, 2.45) is 5.92 Å². The van der Waals surface area contributed by atoms with E-state index in [1.165, 1.54) is 11.8 Å². The minimum absolute atomic E-state index is 0.0580. The van der Waals surface area contributed by atoms with Crippen molar-refractivity contribution in [1.29, 1.82) is 0 Å². The predicted octanol–water partition coefficient (Wildman–Crippen LogP) is 1.40. The molecule has 1 rings (SSSR count). The molecule has 1 aromatic heterocycles. The second-order valence-electron chi connectivity index (χ2n) is 3.98. The number of aromatic nitrogens is 1. The molecule has 0 spiro atoms. The van der Waals surface area contributed by atoms with Crippen molar-refractivity contribution in [3.63, 3.8) is 0 Å². The molecule has 0 aliphatic carbocycles. The third-order valence-electron chi connectivity index (χ3n) is 2.19. The molecule has 0 aliphatic heterocycles. The molecule has 0 fully saturated rings. The molecule has 1 aromatic rings. The number of carboxylic acid groups (broad SMARTS) is 1. The maximum atomic E-state index is 11.5. The Morgan fingerprint density at radius 2 is 2.11 bits per heavy atom. The van der Waals surface area contributed by atoms with Crippen LogP contribution in [0.5, 0.6) is 0 Å². The van der Waals surface area contributed by atoms with Crippen molar-refractivity contribution in [1.82, 2.24) is 10.3 Å². The molecule has 5 nitrogen and oxygen atoms in total. The van der Waals surface area contributed by atoms with E-state index < -0.39 is 5.97 Å². The molecule has 0 aliphatic rings. The van der Waals surface area contributed by atoms with E-state index in [1.54, 1.807) is 19.3 Å². The number of pyridine rings is 1. The SMILES string of the molecule is CC(CNC(=O)CSc1ccncc1)CC(=O)O. The van der Waals surface area contributed by atoms with Gasteiger partial charge in [0.2, 0.25) is 5.91 Å². The Labute approximate surface area is 110 Å². The maximum absolute atomic E-state index is 11.5. The largest absolute Gasteiger partial charge is 0.481 e. The van der Waals surface area contributed by atoms with Crippen LogP contribution < -0.4 is 5.32 Å². The van der Waals surface area contributed by atoms with Crippen LogP contribution in [-0.2, 0) is 9.59 Å². The molecule has 1 unspecified atom stereocenters. The summed E-state index contributed by atoms with van der Waals surface area (Å²) in [5, 5.41) is 11.3. The summed E-state index contributed by atoms with van der Waals surface area (Å²) in [7, 11) is 0. The molecule has 1 heterocycles. The number of hydrogen-bond donors (Lipinski definition) is 2. The normalized spacial score (nSPS) is 11.8. The highest BCUT2D eigenvalue weighted by Gasteiger charge is 2.09. The molecule has 1 amide bonds. The van der Waals surface area contributed by atoms with Gasteiger partial charge in [0.05, 0.1) is 5.75 Å². The van der Waals surface area contributed by atoms with Gasteiger partial charge in [-0.05, 0) is 18.1 Å². The minimum atomic E-state index is -0.845. The van der Waals surface area contributed by atoms with Gasteiger partial charge in [0.25, 0.3) is 0 Å². The summed E-state index contributed by atoms with van der Waals surface area (Å²) < 4.78 is 0. The maximum Gasteiger partial charge on any atom is 0.303 e. The summed E-state index contributed by atoms with van der Waals surface area (Å²) in [6.07, 6.45) is 3.42. The lowest BCUT2D eigenvalue weighted by molar-refractivity contribution is -0.138. The summed E-state index contributed by atoms with van der Waals surface area (Å²) in [5.74, 6) is -0.668. The van der Waals surface area contributed by atoms with Gasteiger partial charge in [-0.3, -0.25) is 14.6 Å². The number of nitrogens with zero attached hydrogens (tertiary/aromatic N) is 1. The first-order valence-electron chi connectivity index (χ1n) is 5.59. The minimum Gasteiger partial charge on any atom is -0.481 e. The second kappa shape index (κ2) is 7.71. The number of carbonyl (C=O) groups is 2. The number of nitrogens with one attached hydrogen (secondary N) is 1. The molecule has 2 N–H and O–H groups in total. The monoisotopic (exact) mass is 268 g/mol. The second-order valence-corrected chi connectivity index (χ2v) is 5.03. The molecule has 18 heavy (non-hydrogen) atoms. The summed E-state index contributed by atoms with van der Waals surface area (Å²) in [6, 6.07) is 3.68. The molecule has 0 aromatic carbocycles. The van der Waals surface area contributed by atoms with Crippen LogP contribution in [0.4, 0.5) is 0 Å². The zero-order valence-electron chi connectivity index (χ0n) is 10.1. The molecule has 98 valence electrons. The summed E-state index contributed by atoms with van der Waals surface area (Å²) in [6.45, 7) is 2.19. The van der Waals surface area contributed by atoms with Crippen LogP contribution in [0.1, 0.15) is 13.3 Å². The van der Waals surface area contributed by atoms with Crippen LogP contribution in [0.15, 0.2) is 29.4 Å². The molecule has 0 bridgehead atoms. The molecular weight excluding hydrogens is 252 g/mol. The Morgan fingerprint density at radius 1 is 1.44 bits per heavy atom. The Bertz CT molecular complexity index is 398. The lowest BCUT2D eigenvalue weighted by Crippen LogP contribution is -2.30. The van der Waals surface area contributed by atoms with Crippen molar-refractivity contribution in [3.05, 3.63) is 24.5 Å². The number of aliphatic carboxylic acids is 1. The zero-order chi connectivity index (χ0) is 13.4. The van der Waals surface area contributed by atoms with Gasteiger partial charge in [-0.2, -0.15) is 0 Å². The topological polar surface area (TPSA) is 79.3 Å². The number of carboxylic acids is 1. The Kier molecular flexibility index (Phi) is 6.21. The van der Waals surface area contributed by atoms with Gasteiger partial charge in [0.15, 0.2) is 0 Å². The number of amides is 1. The fourth-order valence-corrected chi connectivity index (χ4v) is 2.01. The Balaban J connectivity index is 2.20. The van der Waals surface area contributed by atoms with Crippen molar-refractivity contribution < 1.29 is 14.7 Å². The lowest BCUT2D eigenvalue weighted by Gasteiger charge is -2.10. The Morgan fingerprint density at radius 3 is 2.72 bits per heavy atom. The first-order valence-corrected chi connectivity index (χ1v) is 6.58. The van der Waals surface area contributed by atoms with Gasteiger partial charge in [0, 0.05) is 30.3 Å². The van der Waals surface area contributed by atoms with Crippen LogP contribution in [0.2, 0.25) is 0 Å². The van der Waals surface area contributed by atoms with Crippen LogP contribution in [0.3, 0.4) is 0 Å². The lowest BCUT2D eigenvalue weighted by atomic mass is 10.1. The summed E-state index contributed by atoms with van der Waals surface area (Å²) in [5.41, 5.74) is 0. The van der Waals surface area contributed by atoms with Gasteiger partial charge in [-0.25, -0.2) is 0 Å². The third-order valence-corrected chi connectivity index (χ3v) is 3.20. The average Bonchev–Trinajstić information content (AvgIpc) is 2.34. The van der Waals surface area contributed by atoms with E-state index in [2.05, 4.69) is 10.3 Å². The van der Waals surface area contributed by atoms with Crippen molar-refractivity contribution in [3.8, 4) is 0 Å². The van der Waals surface area contributed by atoms with Crippen molar-refractivity contribution >= 4 is 23.6 Å². The zero-order valence-corrected chi connectivity index (χ0v) is 10.9. The van der Waals surface area contributed by atoms with Crippen LogP contribution in [0, 0.1) is 5.92 Å². The van der Waals surface area contributed by atoms with Crippen molar-refractivity contribution in [2.45, 2.75) is 18.2 Å². The van der Waals surface area contributed by atoms with Gasteiger partial charge in [-0.1, -0.05) is 6.92 Å². The number of rotatable bonds is 7. The number of carbonyl (C=O) groups excluding carboxylic acids is 1.